The molecule has 0 aliphatic heterocycles. The monoisotopic (exact) mass is 502 g/mol. The summed E-state index contributed by atoms with van der Waals surface area (Å²) in [5.41, 5.74) is 0.527. The second kappa shape index (κ2) is 8.84. The summed E-state index contributed by atoms with van der Waals surface area (Å²) in [6.07, 6.45) is -3.99. The molecule has 0 spiro atoms. The van der Waals surface area contributed by atoms with Gasteiger partial charge in [-0.05, 0) is 53.4 Å². The first kappa shape index (κ1) is 24.5. The van der Waals surface area contributed by atoms with Gasteiger partial charge in [-0.25, -0.2) is 22.2 Å². The van der Waals surface area contributed by atoms with Gasteiger partial charge in [-0.2, -0.15) is 13.2 Å². The molecular formula is C25H21F3N2O4S. The number of halogens is 3. The minimum absolute atomic E-state index is 0.00891. The molecule has 0 fully saturated rings. The topological polar surface area (TPSA) is 89.3 Å². The Morgan fingerprint density at radius 1 is 1.06 bits per heavy atom. The first-order chi connectivity index (χ1) is 16.4. The summed E-state index contributed by atoms with van der Waals surface area (Å²) in [4.78, 5) is 15.0. The fraction of sp³-hybridized carbons (Fsp3) is 0.200. The van der Waals surface area contributed by atoms with Crippen molar-refractivity contribution < 1.29 is 31.5 Å². The molecule has 0 saturated carbocycles. The number of aromatic carboxylic acids is 1. The molecule has 2 aromatic heterocycles. The molecule has 0 unspecified atom stereocenters. The Bertz CT molecular complexity index is 1520. The van der Waals surface area contributed by atoms with Crippen molar-refractivity contribution >= 4 is 27.0 Å². The number of hydrogen-bond donors (Lipinski definition) is 1. The first-order valence-corrected chi connectivity index (χ1v) is 12.1. The van der Waals surface area contributed by atoms with E-state index >= 15 is 0 Å². The number of rotatable bonds is 6. The van der Waals surface area contributed by atoms with Crippen LogP contribution in [0.1, 0.15) is 52.5 Å². The van der Waals surface area contributed by atoms with Crippen LogP contribution in [0.15, 0.2) is 71.8 Å². The summed E-state index contributed by atoms with van der Waals surface area (Å²) >= 11 is 0. The summed E-state index contributed by atoms with van der Waals surface area (Å²) in [6.45, 7) is 3.84. The Morgan fingerprint density at radius 2 is 1.74 bits per heavy atom. The third kappa shape index (κ3) is 4.79. The molecule has 182 valence electrons. The fourth-order valence-corrected chi connectivity index (χ4v) is 5.34. The van der Waals surface area contributed by atoms with Crippen molar-refractivity contribution in [2.75, 3.05) is 0 Å². The summed E-state index contributed by atoms with van der Waals surface area (Å²) in [7, 11) is -4.22. The Balaban J connectivity index is 1.91. The second-order valence-electron chi connectivity index (χ2n) is 8.45. The summed E-state index contributed by atoms with van der Waals surface area (Å²) in [5.74, 6) is -1.05. The predicted octanol–water partition coefficient (Wildman–Crippen LogP) is 5.70. The van der Waals surface area contributed by atoms with E-state index in [4.69, 9.17) is 5.11 Å². The quantitative estimate of drug-likeness (QED) is 0.365. The Kier molecular flexibility index (Phi) is 6.18. The van der Waals surface area contributed by atoms with Gasteiger partial charge in [0.05, 0.1) is 16.0 Å². The lowest BCUT2D eigenvalue weighted by atomic mass is 10.0. The van der Waals surface area contributed by atoms with Gasteiger partial charge in [-0.1, -0.05) is 38.1 Å². The lowest BCUT2D eigenvalue weighted by Gasteiger charge is -2.14. The van der Waals surface area contributed by atoms with Crippen molar-refractivity contribution in [2.24, 2.45) is 0 Å². The Morgan fingerprint density at radius 3 is 2.34 bits per heavy atom. The molecule has 0 radical (unpaired) electrons. The van der Waals surface area contributed by atoms with Crippen LogP contribution in [-0.2, 0) is 22.6 Å². The summed E-state index contributed by atoms with van der Waals surface area (Å²) in [6, 6.07) is 14.5. The van der Waals surface area contributed by atoms with E-state index in [0.29, 0.717) is 11.8 Å². The average molecular weight is 503 g/mol. The van der Waals surface area contributed by atoms with Gasteiger partial charge in [0.25, 0.3) is 10.0 Å². The van der Waals surface area contributed by atoms with E-state index in [1.165, 1.54) is 36.4 Å². The van der Waals surface area contributed by atoms with E-state index in [1.54, 1.807) is 18.2 Å². The third-order valence-corrected chi connectivity index (χ3v) is 7.38. The second-order valence-corrected chi connectivity index (χ2v) is 10.2. The van der Waals surface area contributed by atoms with Crippen LogP contribution in [0.5, 0.6) is 0 Å². The van der Waals surface area contributed by atoms with Crippen LogP contribution < -0.4 is 0 Å². The van der Waals surface area contributed by atoms with Gasteiger partial charge in [-0.15, -0.1) is 0 Å². The zero-order chi connectivity index (χ0) is 25.5. The first-order valence-electron chi connectivity index (χ1n) is 10.6. The normalized spacial score (nSPS) is 12.4. The standard InChI is InChI=1S/C25H21F3N2O4S/c1-15(2)18-4-3-5-22(13-18)35(33,34)30-21(10-16-6-8-17(9-7-16)24(31)32)12-19-11-20(25(26,27)28)14-29-23(19)30/h3-9,11-15H,10H2,1-2H3,(H,31,32). The van der Waals surface area contributed by atoms with Crippen molar-refractivity contribution in [2.45, 2.75) is 37.3 Å². The van der Waals surface area contributed by atoms with Crippen LogP contribution in [-0.4, -0.2) is 28.5 Å². The van der Waals surface area contributed by atoms with Crippen LogP contribution >= 0.6 is 0 Å². The van der Waals surface area contributed by atoms with E-state index in [0.717, 1.165) is 15.6 Å². The number of fused-ring (bicyclic) bond motifs is 1. The molecule has 10 heteroatoms. The van der Waals surface area contributed by atoms with Crippen LogP contribution in [0, 0.1) is 0 Å². The van der Waals surface area contributed by atoms with Gasteiger partial charge in [0.1, 0.15) is 0 Å². The van der Waals surface area contributed by atoms with Gasteiger partial charge in [0.2, 0.25) is 0 Å². The highest BCUT2D eigenvalue weighted by molar-refractivity contribution is 7.90. The van der Waals surface area contributed by atoms with Gasteiger partial charge in [0.15, 0.2) is 5.65 Å². The molecule has 0 amide bonds. The molecule has 2 aromatic carbocycles. The number of carbonyl (C=O) groups is 1. The molecule has 0 bridgehead atoms. The molecule has 0 saturated heterocycles. The number of benzene rings is 2. The molecule has 4 aromatic rings. The molecular weight excluding hydrogens is 481 g/mol. The maximum Gasteiger partial charge on any atom is 0.417 e. The Hall–Kier alpha value is -3.66. The molecule has 6 nitrogen and oxygen atoms in total. The number of alkyl halides is 3. The summed E-state index contributed by atoms with van der Waals surface area (Å²) in [5, 5.41) is 9.14. The number of carboxylic acids is 1. The average Bonchev–Trinajstić information content (AvgIpc) is 3.16. The zero-order valence-electron chi connectivity index (χ0n) is 18.7. The molecule has 0 atom stereocenters. The van der Waals surface area contributed by atoms with E-state index in [1.807, 2.05) is 13.8 Å². The van der Waals surface area contributed by atoms with E-state index in [9.17, 15) is 26.4 Å². The third-order valence-electron chi connectivity index (χ3n) is 5.65. The smallest absolute Gasteiger partial charge is 0.417 e. The highest BCUT2D eigenvalue weighted by atomic mass is 32.2. The van der Waals surface area contributed by atoms with Crippen molar-refractivity contribution in [1.82, 2.24) is 8.96 Å². The van der Waals surface area contributed by atoms with Gasteiger partial charge < -0.3 is 5.11 Å². The minimum Gasteiger partial charge on any atom is -0.478 e. The van der Waals surface area contributed by atoms with E-state index < -0.39 is 27.7 Å². The zero-order valence-corrected chi connectivity index (χ0v) is 19.6. The van der Waals surface area contributed by atoms with Gasteiger partial charge in [0, 0.05) is 23.7 Å². The molecule has 0 aliphatic carbocycles. The molecule has 2 heterocycles. The van der Waals surface area contributed by atoms with Crippen molar-refractivity contribution in [1.29, 1.82) is 0 Å². The van der Waals surface area contributed by atoms with Crippen LogP contribution in [0.3, 0.4) is 0 Å². The largest absolute Gasteiger partial charge is 0.478 e. The van der Waals surface area contributed by atoms with Crippen LogP contribution in [0.25, 0.3) is 11.0 Å². The minimum atomic E-state index is -4.64. The molecule has 35 heavy (non-hydrogen) atoms. The number of pyridine rings is 1. The number of carboxylic acid groups (broad SMARTS) is 1. The fourth-order valence-electron chi connectivity index (χ4n) is 3.78. The highest BCUT2D eigenvalue weighted by Crippen LogP contribution is 2.33. The lowest BCUT2D eigenvalue weighted by molar-refractivity contribution is -0.137. The maximum atomic E-state index is 13.7. The van der Waals surface area contributed by atoms with E-state index in [2.05, 4.69) is 4.98 Å². The molecule has 0 aliphatic rings. The van der Waals surface area contributed by atoms with Crippen molar-refractivity contribution in [3.8, 4) is 0 Å². The summed E-state index contributed by atoms with van der Waals surface area (Å²) < 4.78 is 68.3. The molecule has 4 rings (SSSR count). The predicted molar refractivity (Wildman–Crippen MR) is 124 cm³/mol. The van der Waals surface area contributed by atoms with Crippen LogP contribution in [0.2, 0.25) is 0 Å². The Labute approximate surface area is 199 Å². The number of nitrogens with zero attached hydrogens (tertiary/aromatic N) is 2. The van der Waals surface area contributed by atoms with Gasteiger partial charge in [-0.3, -0.25) is 0 Å². The van der Waals surface area contributed by atoms with Crippen LogP contribution in [0.4, 0.5) is 13.2 Å². The van der Waals surface area contributed by atoms with Gasteiger partial charge >= 0.3 is 12.1 Å². The molecule has 1 N–H and O–H groups in total. The lowest BCUT2D eigenvalue weighted by Crippen LogP contribution is -2.17. The number of hydrogen-bond acceptors (Lipinski definition) is 4. The van der Waals surface area contributed by atoms with Crippen molar-refractivity contribution in [3.63, 3.8) is 0 Å². The highest BCUT2D eigenvalue weighted by Gasteiger charge is 2.32. The SMILES string of the molecule is CC(C)c1cccc(S(=O)(=O)n2c(Cc3ccc(C(=O)O)cc3)cc3cc(C(F)(F)F)cnc32)c1. The number of aromatic nitrogens is 2. The van der Waals surface area contributed by atoms with Crippen molar-refractivity contribution in [3.05, 3.63) is 94.8 Å². The maximum absolute atomic E-state index is 13.7. The van der Waals surface area contributed by atoms with E-state index in [-0.39, 0.29) is 39.5 Å².